The smallest absolute Gasteiger partial charge is 0.0580 e. The molecule has 2 fully saturated rings. The highest BCUT2D eigenvalue weighted by Gasteiger charge is 2.27. The molecule has 2 aliphatic rings. The van der Waals surface area contributed by atoms with Gasteiger partial charge in [0.25, 0.3) is 0 Å². The van der Waals surface area contributed by atoms with Crippen LogP contribution in [0.5, 0.6) is 0 Å². The van der Waals surface area contributed by atoms with E-state index in [9.17, 15) is 5.11 Å². The highest BCUT2D eigenvalue weighted by atomic mass is 16.3. The van der Waals surface area contributed by atoms with Crippen LogP contribution in [0.2, 0.25) is 0 Å². The van der Waals surface area contributed by atoms with Gasteiger partial charge in [-0.2, -0.15) is 0 Å². The Bertz CT molecular complexity index is 219. The van der Waals surface area contributed by atoms with Crippen LogP contribution in [0, 0.1) is 11.8 Å². The van der Waals surface area contributed by atoms with Crippen LogP contribution in [0.3, 0.4) is 0 Å². The second kappa shape index (κ2) is 6.75. The van der Waals surface area contributed by atoms with Crippen molar-refractivity contribution in [1.82, 2.24) is 4.90 Å². The van der Waals surface area contributed by atoms with Crippen LogP contribution < -0.4 is 0 Å². The fourth-order valence-electron chi connectivity index (χ4n) is 3.67. The molecule has 0 aromatic heterocycles. The molecule has 17 heavy (non-hydrogen) atoms. The van der Waals surface area contributed by atoms with Crippen LogP contribution in [0.15, 0.2) is 0 Å². The molecule has 0 aromatic rings. The molecule has 100 valence electrons. The summed E-state index contributed by atoms with van der Waals surface area (Å²) < 4.78 is 0. The highest BCUT2D eigenvalue weighted by molar-refractivity contribution is 4.80. The molecule has 1 heterocycles. The first-order valence-corrected chi connectivity index (χ1v) is 7.70. The highest BCUT2D eigenvalue weighted by Crippen LogP contribution is 2.28. The Morgan fingerprint density at radius 3 is 2.65 bits per heavy atom. The van der Waals surface area contributed by atoms with E-state index in [-0.39, 0.29) is 6.10 Å². The van der Waals surface area contributed by atoms with Crippen molar-refractivity contribution in [2.24, 2.45) is 11.8 Å². The maximum Gasteiger partial charge on any atom is 0.0580 e. The first-order valence-electron chi connectivity index (χ1n) is 7.70. The van der Waals surface area contributed by atoms with E-state index >= 15 is 0 Å². The van der Waals surface area contributed by atoms with E-state index in [0.717, 1.165) is 18.9 Å². The second-order valence-electron chi connectivity index (χ2n) is 6.14. The number of hydrogen-bond acceptors (Lipinski definition) is 2. The van der Waals surface area contributed by atoms with Crippen molar-refractivity contribution in [3.8, 4) is 0 Å². The Labute approximate surface area is 106 Å². The molecular formula is C15H29NO. The van der Waals surface area contributed by atoms with Gasteiger partial charge in [-0.15, -0.1) is 0 Å². The van der Waals surface area contributed by atoms with Crippen LogP contribution in [-0.4, -0.2) is 35.7 Å². The monoisotopic (exact) mass is 239 g/mol. The third-order valence-electron chi connectivity index (χ3n) is 4.75. The average Bonchev–Trinajstić information content (AvgIpc) is 2.59. The van der Waals surface area contributed by atoms with Gasteiger partial charge in [0, 0.05) is 6.54 Å². The van der Waals surface area contributed by atoms with E-state index in [1.165, 1.54) is 58.0 Å². The lowest BCUT2D eigenvalue weighted by atomic mass is 9.96. The van der Waals surface area contributed by atoms with Crippen LogP contribution in [-0.2, 0) is 0 Å². The summed E-state index contributed by atoms with van der Waals surface area (Å²) in [6.07, 6.45) is 10.4. The Morgan fingerprint density at radius 1 is 1.06 bits per heavy atom. The molecule has 0 bridgehead atoms. The molecule has 1 aliphatic carbocycles. The van der Waals surface area contributed by atoms with E-state index in [1.807, 2.05) is 0 Å². The first kappa shape index (κ1) is 13.4. The van der Waals surface area contributed by atoms with Crippen LogP contribution in [0.4, 0.5) is 0 Å². The van der Waals surface area contributed by atoms with Gasteiger partial charge in [0.2, 0.25) is 0 Å². The largest absolute Gasteiger partial charge is 0.393 e. The quantitative estimate of drug-likeness (QED) is 0.815. The fourth-order valence-corrected chi connectivity index (χ4v) is 3.67. The van der Waals surface area contributed by atoms with Crippen LogP contribution in [0.25, 0.3) is 0 Å². The first-order chi connectivity index (χ1) is 8.29. The molecule has 1 saturated carbocycles. The van der Waals surface area contributed by atoms with Crippen molar-refractivity contribution < 1.29 is 5.11 Å². The van der Waals surface area contributed by atoms with Gasteiger partial charge in [0.15, 0.2) is 0 Å². The molecule has 1 saturated heterocycles. The fraction of sp³-hybridized carbons (Fsp3) is 1.00. The summed E-state index contributed by atoms with van der Waals surface area (Å²) in [6.45, 7) is 5.99. The van der Waals surface area contributed by atoms with Crippen molar-refractivity contribution in [3.05, 3.63) is 0 Å². The molecule has 1 aliphatic heterocycles. The molecule has 0 aromatic carbocycles. The van der Waals surface area contributed by atoms with Crippen LogP contribution in [0.1, 0.15) is 58.3 Å². The number of aliphatic hydroxyl groups is 1. The SMILES string of the molecule is CCCC1CCCN(CC2CCCC2O)CC1. The predicted octanol–water partition coefficient (Wildman–Crippen LogP) is 3.05. The molecule has 2 nitrogen and oxygen atoms in total. The van der Waals surface area contributed by atoms with Crippen molar-refractivity contribution in [2.45, 2.75) is 64.4 Å². The molecule has 3 unspecified atom stereocenters. The Morgan fingerprint density at radius 2 is 1.94 bits per heavy atom. The third-order valence-corrected chi connectivity index (χ3v) is 4.75. The van der Waals surface area contributed by atoms with Gasteiger partial charge in [-0.05, 0) is 57.0 Å². The molecule has 0 spiro atoms. The van der Waals surface area contributed by atoms with Crippen molar-refractivity contribution in [3.63, 3.8) is 0 Å². The summed E-state index contributed by atoms with van der Waals surface area (Å²) in [4.78, 5) is 2.62. The molecule has 2 rings (SSSR count). The molecule has 0 amide bonds. The summed E-state index contributed by atoms with van der Waals surface area (Å²) in [7, 11) is 0. The van der Waals surface area contributed by atoms with Gasteiger partial charge in [0.1, 0.15) is 0 Å². The number of aliphatic hydroxyl groups excluding tert-OH is 1. The zero-order valence-corrected chi connectivity index (χ0v) is 11.4. The zero-order valence-electron chi connectivity index (χ0n) is 11.4. The van der Waals surface area contributed by atoms with E-state index in [2.05, 4.69) is 11.8 Å². The lowest BCUT2D eigenvalue weighted by molar-refractivity contribution is 0.103. The van der Waals surface area contributed by atoms with E-state index in [0.29, 0.717) is 5.92 Å². The van der Waals surface area contributed by atoms with Crippen molar-refractivity contribution in [2.75, 3.05) is 19.6 Å². The summed E-state index contributed by atoms with van der Waals surface area (Å²) in [5, 5.41) is 9.90. The maximum atomic E-state index is 9.90. The Kier molecular flexibility index (Phi) is 5.30. The van der Waals surface area contributed by atoms with Crippen molar-refractivity contribution >= 4 is 0 Å². The molecule has 3 atom stereocenters. The predicted molar refractivity (Wildman–Crippen MR) is 72.0 cm³/mol. The van der Waals surface area contributed by atoms with Gasteiger partial charge >= 0.3 is 0 Å². The molecule has 2 heteroatoms. The van der Waals surface area contributed by atoms with Crippen molar-refractivity contribution in [1.29, 1.82) is 0 Å². The standard InChI is InChI=1S/C15H29NO/c1-2-5-13-6-4-10-16(11-9-13)12-14-7-3-8-15(14)17/h13-15,17H,2-12H2,1H3. The summed E-state index contributed by atoms with van der Waals surface area (Å²) in [6, 6.07) is 0. The minimum atomic E-state index is -0.00954. The number of nitrogens with zero attached hydrogens (tertiary/aromatic N) is 1. The van der Waals surface area contributed by atoms with Gasteiger partial charge < -0.3 is 10.0 Å². The summed E-state index contributed by atoms with van der Waals surface area (Å²) >= 11 is 0. The van der Waals surface area contributed by atoms with Gasteiger partial charge in [-0.25, -0.2) is 0 Å². The summed E-state index contributed by atoms with van der Waals surface area (Å²) in [5.41, 5.74) is 0. The van der Waals surface area contributed by atoms with E-state index in [1.54, 1.807) is 0 Å². The third kappa shape index (κ3) is 3.96. The number of hydrogen-bond donors (Lipinski definition) is 1. The normalized spacial score (nSPS) is 36.0. The van der Waals surface area contributed by atoms with Gasteiger partial charge in [0.05, 0.1) is 6.10 Å². The minimum absolute atomic E-state index is 0.00954. The lowest BCUT2D eigenvalue weighted by Crippen LogP contribution is -2.33. The zero-order chi connectivity index (χ0) is 12.1. The van der Waals surface area contributed by atoms with Crippen LogP contribution >= 0.6 is 0 Å². The van der Waals surface area contributed by atoms with E-state index < -0.39 is 0 Å². The summed E-state index contributed by atoms with van der Waals surface area (Å²) in [5.74, 6) is 1.54. The second-order valence-corrected chi connectivity index (χ2v) is 6.14. The lowest BCUT2D eigenvalue weighted by Gasteiger charge is -2.25. The molecule has 1 N–H and O–H groups in total. The van der Waals surface area contributed by atoms with Gasteiger partial charge in [-0.3, -0.25) is 0 Å². The maximum absolute atomic E-state index is 9.90. The van der Waals surface area contributed by atoms with Gasteiger partial charge in [-0.1, -0.05) is 26.2 Å². The minimum Gasteiger partial charge on any atom is -0.393 e. The number of rotatable bonds is 4. The molecular weight excluding hydrogens is 210 g/mol. The van der Waals surface area contributed by atoms with E-state index in [4.69, 9.17) is 0 Å². The molecule has 0 radical (unpaired) electrons. The Hall–Kier alpha value is -0.0800. The topological polar surface area (TPSA) is 23.5 Å². The Balaban J connectivity index is 1.74. The average molecular weight is 239 g/mol. The number of likely N-dealkylation sites (tertiary alicyclic amines) is 1.